The molecular weight excluding hydrogens is 268 g/mol. The van der Waals surface area contributed by atoms with Crippen LogP contribution in [0.15, 0.2) is 5.38 Å². The summed E-state index contributed by atoms with van der Waals surface area (Å²) in [6.45, 7) is 1.69. The maximum atomic E-state index is 12.0. The number of carboxylic acid groups (broad SMARTS) is 1. The molecule has 1 saturated heterocycles. The van der Waals surface area contributed by atoms with E-state index >= 15 is 0 Å². The van der Waals surface area contributed by atoms with Crippen LogP contribution in [0.25, 0.3) is 0 Å². The van der Waals surface area contributed by atoms with E-state index in [9.17, 15) is 14.7 Å². The minimum Gasteiger partial charge on any atom is -0.479 e. The van der Waals surface area contributed by atoms with Gasteiger partial charge in [-0.2, -0.15) is 0 Å². The maximum Gasteiger partial charge on any atom is 0.335 e. The average molecular weight is 282 g/mol. The molecule has 2 aliphatic rings. The monoisotopic (exact) mass is 282 g/mol. The van der Waals surface area contributed by atoms with Crippen LogP contribution in [0.3, 0.4) is 0 Å². The second-order valence-corrected chi connectivity index (χ2v) is 5.76. The number of aliphatic carboxylic acids is 1. The molecule has 19 heavy (non-hydrogen) atoms. The van der Waals surface area contributed by atoms with E-state index in [0.717, 1.165) is 18.5 Å². The second-order valence-electron chi connectivity index (χ2n) is 4.87. The van der Waals surface area contributed by atoms with Gasteiger partial charge in [-0.15, -0.1) is 11.3 Å². The zero-order chi connectivity index (χ0) is 13.6. The van der Waals surface area contributed by atoms with Crippen molar-refractivity contribution in [2.75, 3.05) is 6.61 Å². The molecule has 6 nitrogen and oxygen atoms in total. The number of morpholine rings is 1. The van der Waals surface area contributed by atoms with Gasteiger partial charge in [-0.1, -0.05) is 0 Å². The zero-order valence-electron chi connectivity index (χ0n) is 10.4. The fraction of sp³-hybridized carbons (Fsp3) is 0.583. The lowest BCUT2D eigenvalue weighted by Crippen LogP contribution is -2.52. The van der Waals surface area contributed by atoms with E-state index in [1.807, 2.05) is 12.3 Å². The summed E-state index contributed by atoms with van der Waals surface area (Å²) >= 11 is 1.38. The SMILES string of the molecule is Cc1csc(C2C(C(=O)O)OCC(=O)N2C2CC2)n1. The van der Waals surface area contributed by atoms with Gasteiger partial charge in [-0.05, 0) is 19.8 Å². The lowest BCUT2D eigenvalue weighted by molar-refractivity contribution is -0.174. The Hall–Kier alpha value is -1.47. The predicted octanol–water partition coefficient (Wildman–Crippen LogP) is 0.967. The summed E-state index contributed by atoms with van der Waals surface area (Å²) in [6.07, 6.45) is 0.835. The Kier molecular flexibility index (Phi) is 3.02. The van der Waals surface area contributed by atoms with Crippen molar-refractivity contribution in [3.63, 3.8) is 0 Å². The molecule has 2 unspecified atom stereocenters. The quantitative estimate of drug-likeness (QED) is 0.893. The summed E-state index contributed by atoms with van der Waals surface area (Å²) in [5.41, 5.74) is 0.831. The molecule has 7 heteroatoms. The van der Waals surface area contributed by atoms with Crippen LogP contribution in [0.2, 0.25) is 0 Å². The minimum atomic E-state index is -1.05. The summed E-state index contributed by atoms with van der Waals surface area (Å²) < 4.78 is 5.21. The first-order valence-electron chi connectivity index (χ1n) is 6.15. The van der Waals surface area contributed by atoms with Crippen molar-refractivity contribution >= 4 is 23.2 Å². The number of aromatic nitrogens is 1. The molecule has 2 heterocycles. The first-order chi connectivity index (χ1) is 9.08. The van der Waals surface area contributed by atoms with E-state index in [0.29, 0.717) is 5.01 Å². The van der Waals surface area contributed by atoms with Gasteiger partial charge in [0.05, 0.1) is 0 Å². The van der Waals surface area contributed by atoms with E-state index < -0.39 is 18.1 Å². The van der Waals surface area contributed by atoms with Crippen LogP contribution in [0.5, 0.6) is 0 Å². The van der Waals surface area contributed by atoms with Gasteiger partial charge in [-0.3, -0.25) is 4.79 Å². The maximum absolute atomic E-state index is 12.0. The third kappa shape index (κ3) is 2.23. The molecular formula is C12H14N2O4S. The molecule has 2 atom stereocenters. The molecule has 102 valence electrons. The van der Waals surface area contributed by atoms with E-state index in [2.05, 4.69) is 4.98 Å². The molecule has 1 aliphatic carbocycles. The number of hydrogen-bond acceptors (Lipinski definition) is 5. The normalized spacial score (nSPS) is 27.6. The molecule has 1 aromatic rings. The van der Waals surface area contributed by atoms with Gasteiger partial charge in [0, 0.05) is 17.1 Å². The van der Waals surface area contributed by atoms with Crippen LogP contribution in [0, 0.1) is 6.92 Å². The zero-order valence-corrected chi connectivity index (χ0v) is 11.2. The minimum absolute atomic E-state index is 0.141. The molecule has 1 saturated carbocycles. The molecule has 0 aromatic carbocycles. The standard InChI is InChI=1S/C12H14N2O4S/c1-6-5-19-11(13-6)9-10(12(16)17)18-4-8(15)14(9)7-2-3-7/h5,7,9-10H,2-4H2,1H3,(H,16,17). The van der Waals surface area contributed by atoms with Crippen molar-refractivity contribution in [2.45, 2.75) is 38.0 Å². The number of amides is 1. The fourth-order valence-corrected chi connectivity index (χ4v) is 3.29. The molecule has 1 amide bonds. The lowest BCUT2D eigenvalue weighted by Gasteiger charge is -2.38. The van der Waals surface area contributed by atoms with Crippen molar-refractivity contribution < 1.29 is 19.4 Å². The first kappa shape index (κ1) is 12.6. The third-order valence-corrected chi connectivity index (χ3v) is 4.37. The van der Waals surface area contributed by atoms with Crippen LogP contribution in [-0.2, 0) is 14.3 Å². The Morgan fingerprint density at radius 2 is 2.32 bits per heavy atom. The first-order valence-corrected chi connectivity index (χ1v) is 7.03. The Bertz CT molecular complexity index is 526. The Labute approximate surface area is 114 Å². The molecule has 3 rings (SSSR count). The van der Waals surface area contributed by atoms with Crippen molar-refractivity contribution in [3.8, 4) is 0 Å². The van der Waals surface area contributed by atoms with Crippen LogP contribution in [0.4, 0.5) is 0 Å². The molecule has 0 radical (unpaired) electrons. The van der Waals surface area contributed by atoms with Gasteiger partial charge in [-0.25, -0.2) is 9.78 Å². The highest BCUT2D eigenvalue weighted by atomic mass is 32.1. The summed E-state index contributed by atoms with van der Waals surface area (Å²) in [4.78, 5) is 29.4. The van der Waals surface area contributed by atoms with E-state index in [-0.39, 0.29) is 18.6 Å². The van der Waals surface area contributed by atoms with Crippen LogP contribution in [-0.4, -0.2) is 45.6 Å². The number of hydrogen-bond donors (Lipinski definition) is 1. The molecule has 1 aliphatic heterocycles. The molecule has 1 N–H and O–H groups in total. The number of carboxylic acids is 1. The summed E-state index contributed by atoms with van der Waals surface area (Å²) in [5.74, 6) is -1.19. The number of thiazole rings is 1. The summed E-state index contributed by atoms with van der Waals surface area (Å²) in [5, 5.41) is 11.8. The highest BCUT2D eigenvalue weighted by molar-refractivity contribution is 7.09. The van der Waals surface area contributed by atoms with Gasteiger partial charge in [0.1, 0.15) is 17.7 Å². The van der Waals surface area contributed by atoms with Gasteiger partial charge >= 0.3 is 5.97 Å². The largest absolute Gasteiger partial charge is 0.479 e. The molecule has 0 bridgehead atoms. The fourth-order valence-electron chi connectivity index (χ4n) is 2.37. The Morgan fingerprint density at radius 3 is 2.84 bits per heavy atom. The van der Waals surface area contributed by atoms with E-state index in [1.165, 1.54) is 11.3 Å². The molecule has 1 aromatic heterocycles. The summed E-state index contributed by atoms with van der Waals surface area (Å²) in [7, 11) is 0. The highest BCUT2D eigenvalue weighted by Crippen LogP contribution is 2.40. The Morgan fingerprint density at radius 1 is 1.58 bits per heavy atom. The predicted molar refractivity (Wildman–Crippen MR) is 66.8 cm³/mol. The van der Waals surface area contributed by atoms with E-state index in [1.54, 1.807) is 4.90 Å². The Balaban J connectivity index is 1.99. The van der Waals surface area contributed by atoms with Gasteiger partial charge in [0.25, 0.3) is 0 Å². The van der Waals surface area contributed by atoms with Gasteiger partial charge < -0.3 is 14.7 Å². The van der Waals surface area contributed by atoms with E-state index in [4.69, 9.17) is 4.74 Å². The van der Waals surface area contributed by atoms with Crippen molar-refractivity contribution in [3.05, 3.63) is 16.1 Å². The van der Waals surface area contributed by atoms with Gasteiger partial charge in [0.2, 0.25) is 5.91 Å². The highest BCUT2D eigenvalue weighted by Gasteiger charge is 2.48. The average Bonchev–Trinajstić information content (AvgIpc) is 3.10. The van der Waals surface area contributed by atoms with Gasteiger partial charge in [0.15, 0.2) is 6.10 Å². The van der Waals surface area contributed by atoms with Crippen LogP contribution >= 0.6 is 11.3 Å². The molecule has 0 spiro atoms. The summed E-state index contributed by atoms with van der Waals surface area (Å²) in [6, 6.07) is -0.447. The number of ether oxygens (including phenoxy) is 1. The van der Waals surface area contributed by atoms with Crippen molar-refractivity contribution in [1.82, 2.24) is 9.88 Å². The van der Waals surface area contributed by atoms with Crippen molar-refractivity contribution in [2.24, 2.45) is 0 Å². The number of carbonyl (C=O) groups excluding carboxylic acids is 1. The van der Waals surface area contributed by atoms with Crippen LogP contribution < -0.4 is 0 Å². The third-order valence-electron chi connectivity index (χ3n) is 3.33. The lowest BCUT2D eigenvalue weighted by atomic mass is 10.1. The number of aryl methyl sites for hydroxylation is 1. The molecule has 2 fully saturated rings. The number of nitrogens with zero attached hydrogens (tertiary/aromatic N) is 2. The van der Waals surface area contributed by atoms with Crippen LogP contribution in [0.1, 0.15) is 29.6 Å². The topological polar surface area (TPSA) is 79.7 Å². The number of carbonyl (C=O) groups is 2. The second kappa shape index (κ2) is 4.57. The smallest absolute Gasteiger partial charge is 0.335 e. The van der Waals surface area contributed by atoms with Crippen molar-refractivity contribution in [1.29, 1.82) is 0 Å². The number of rotatable bonds is 3.